The van der Waals surface area contributed by atoms with Crippen molar-refractivity contribution in [3.8, 4) is 5.75 Å². The summed E-state index contributed by atoms with van der Waals surface area (Å²) >= 11 is 0. The lowest BCUT2D eigenvalue weighted by molar-refractivity contribution is -0.136. The van der Waals surface area contributed by atoms with Crippen molar-refractivity contribution in [3.05, 3.63) is 99.6 Å². The van der Waals surface area contributed by atoms with E-state index in [4.69, 9.17) is 4.74 Å². The maximum absolute atomic E-state index is 13.7. The Morgan fingerprint density at radius 2 is 1.63 bits per heavy atom. The number of carboxylic acid groups (broad SMARTS) is 1. The van der Waals surface area contributed by atoms with Gasteiger partial charge in [-0.15, -0.1) is 0 Å². The van der Waals surface area contributed by atoms with Crippen molar-refractivity contribution in [3.63, 3.8) is 0 Å². The predicted molar refractivity (Wildman–Crippen MR) is 153 cm³/mol. The lowest BCUT2D eigenvalue weighted by atomic mass is 9.94. The fourth-order valence-electron chi connectivity index (χ4n) is 4.75. The largest absolute Gasteiger partial charge is 0.489 e. The number of para-hydroxylation sites is 1. The molecule has 0 saturated heterocycles. The second kappa shape index (κ2) is 13.8. The summed E-state index contributed by atoms with van der Waals surface area (Å²) in [6.45, 7) is 10.9. The smallest absolute Gasteiger partial charge is 0.303 e. The fourth-order valence-corrected chi connectivity index (χ4v) is 4.75. The van der Waals surface area contributed by atoms with Crippen LogP contribution in [0, 0.1) is 19.8 Å². The van der Waals surface area contributed by atoms with Gasteiger partial charge >= 0.3 is 5.97 Å². The Morgan fingerprint density at radius 3 is 2.29 bits per heavy atom. The molecular formula is C33H41NO4. The SMILES string of the molecule is CCc1ccccc1OCc1ccc(CCC(=O)O)c(C(=O)N[C@H](CCC(C)C)c2cc(C)cc(C)c2)c1. The van der Waals surface area contributed by atoms with Gasteiger partial charge in [-0.05, 0) is 79.8 Å². The summed E-state index contributed by atoms with van der Waals surface area (Å²) in [5.74, 6) is 0.275. The van der Waals surface area contributed by atoms with Crippen molar-refractivity contribution in [1.29, 1.82) is 0 Å². The number of carbonyl (C=O) groups excluding carboxylic acids is 1. The molecule has 0 fully saturated rings. The van der Waals surface area contributed by atoms with E-state index in [0.717, 1.165) is 58.4 Å². The highest BCUT2D eigenvalue weighted by Crippen LogP contribution is 2.26. The Kier molecular flexibility index (Phi) is 10.5. The number of benzene rings is 3. The molecule has 3 aromatic rings. The quantitative estimate of drug-likeness (QED) is 0.249. The van der Waals surface area contributed by atoms with Crippen molar-refractivity contribution in [1.82, 2.24) is 5.32 Å². The van der Waals surface area contributed by atoms with Crippen LogP contribution in [0.25, 0.3) is 0 Å². The molecule has 0 heterocycles. The zero-order valence-corrected chi connectivity index (χ0v) is 23.3. The summed E-state index contributed by atoms with van der Waals surface area (Å²) in [6.07, 6.45) is 2.93. The molecule has 2 N–H and O–H groups in total. The molecule has 3 rings (SSSR count). The first-order valence-corrected chi connectivity index (χ1v) is 13.6. The minimum atomic E-state index is -0.884. The normalized spacial score (nSPS) is 11.8. The van der Waals surface area contributed by atoms with Crippen LogP contribution in [-0.2, 0) is 24.2 Å². The van der Waals surface area contributed by atoms with E-state index in [0.29, 0.717) is 18.1 Å². The van der Waals surface area contributed by atoms with Gasteiger partial charge in [0.25, 0.3) is 5.91 Å². The minimum absolute atomic E-state index is 0.0339. The number of carbonyl (C=O) groups is 2. The van der Waals surface area contributed by atoms with Crippen LogP contribution < -0.4 is 10.1 Å². The van der Waals surface area contributed by atoms with Gasteiger partial charge in [-0.25, -0.2) is 0 Å². The van der Waals surface area contributed by atoms with Crippen LogP contribution in [-0.4, -0.2) is 17.0 Å². The third-order valence-corrected chi connectivity index (χ3v) is 6.76. The van der Waals surface area contributed by atoms with E-state index >= 15 is 0 Å². The van der Waals surface area contributed by atoms with Crippen LogP contribution in [0.1, 0.15) is 89.8 Å². The number of amides is 1. The summed E-state index contributed by atoms with van der Waals surface area (Å²) in [4.78, 5) is 25.0. The number of rotatable bonds is 13. The Balaban J connectivity index is 1.89. The maximum atomic E-state index is 13.7. The van der Waals surface area contributed by atoms with Crippen LogP contribution in [0.15, 0.2) is 60.7 Å². The first-order chi connectivity index (χ1) is 18.2. The molecule has 0 unspecified atom stereocenters. The molecule has 3 aromatic carbocycles. The van der Waals surface area contributed by atoms with Gasteiger partial charge in [-0.1, -0.05) is 80.4 Å². The predicted octanol–water partition coefficient (Wildman–Crippen LogP) is 7.37. The van der Waals surface area contributed by atoms with Crippen LogP contribution >= 0.6 is 0 Å². The molecule has 1 atom stereocenters. The van der Waals surface area contributed by atoms with Gasteiger partial charge in [0.1, 0.15) is 12.4 Å². The number of aryl methyl sites for hydroxylation is 4. The third kappa shape index (κ3) is 8.47. The highest BCUT2D eigenvalue weighted by Gasteiger charge is 2.20. The third-order valence-electron chi connectivity index (χ3n) is 6.76. The molecule has 0 aliphatic carbocycles. The Bertz CT molecular complexity index is 1230. The van der Waals surface area contributed by atoms with Gasteiger partial charge in [-0.2, -0.15) is 0 Å². The topological polar surface area (TPSA) is 75.6 Å². The molecule has 0 radical (unpaired) electrons. The summed E-state index contributed by atoms with van der Waals surface area (Å²) in [7, 11) is 0. The van der Waals surface area contributed by atoms with Crippen LogP contribution in [0.3, 0.4) is 0 Å². The first kappa shape index (κ1) is 29.0. The van der Waals surface area contributed by atoms with Crippen molar-refractivity contribution in [2.24, 2.45) is 5.92 Å². The summed E-state index contributed by atoms with van der Waals surface area (Å²) < 4.78 is 6.10. The molecular weight excluding hydrogens is 474 g/mol. The molecule has 202 valence electrons. The van der Waals surface area contributed by atoms with E-state index in [1.165, 1.54) is 0 Å². The number of carboxylic acids is 1. The van der Waals surface area contributed by atoms with Crippen molar-refractivity contribution in [2.75, 3.05) is 0 Å². The highest BCUT2D eigenvalue weighted by molar-refractivity contribution is 5.96. The van der Waals surface area contributed by atoms with E-state index in [1.807, 2.05) is 42.5 Å². The number of hydrogen-bond donors (Lipinski definition) is 2. The Morgan fingerprint density at radius 1 is 0.921 bits per heavy atom. The molecule has 5 nitrogen and oxygen atoms in total. The minimum Gasteiger partial charge on any atom is -0.489 e. The van der Waals surface area contributed by atoms with Gasteiger partial charge < -0.3 is 15.2 Å². The molecule has 0 aliphatic heterocycles. The lowest BCUT2D eigenvalue weighted by Crippen LogP contribution is -2.30. The molecule has 5 heteroatoms. The summed E-state index contributed by atoms with van der Waals surface area (Å²) in [5, 5.41) is 12.5. The van der Waals surface area contributed by atoms with E-state index in [2.05, 4.69) is 58.1 Å². The maximum Gasteiger partial charge on any atom is 0.303 e. The van der Waals surface area contributed by atoms with Gasteiger partial charge in [0.15, 0.2) is 0 Å². The number of hydrogen-bond acceptors (Lipinski definition) is 3. The van der Waals surface area contributed by atoms with Crippen LogP contribution in [0.4, 0.5) is 0 Å². The average Bonchev–Trinajstić information content (AvgIpc) is 2.88. The molecule has 0 bridgehead atoms. The van der Waals surface area contributed by atoms with Crippen LogP contribution in [0.5, 0.6) is 5.75 Å². The van der Waals surface area contributed by atoms with E-state index in [9.17, 15) is 14.7 Å². The monoisotopic (exact) mass is 515 g/mol. The fraction of sp³-hybridized carbons (Fsp3) is 0.394. The number of nitrogens with one attached hydrogen (secondary N) is 1. The molecule has 0 spiro atoms. The van der Waals surface area contributed by atoms with Gasteiger partial charge in [0.05, 0.1) is 6.04 Å². The Labute approximate surface area is 227 Å². The van der Waals surface area contributed by atoms with Gasteiger partial charge in [0.2, 0.25) is 0 Å². The first-order valence-electron chi connectivity index (χ1n) is 13.6. The second-order valence-corrected chi connectivity index (χ2v) is 10.6. The van der Waals surface area contributed by atoms with Crippen molar-refractivity contribution >= 4 is 11.9 Å². The van der Waals surface area contributed by atoms with E-state index in [-0.39, 0.29) is 24.8 Å². The number of ether oxygens (including phenoxy) is 1. The summed E-state index contributed by atoms with van der Waals surface area (Å²) in [5.41, 5.74) is 6.66. The van der Waals surface area contributed by atoms with Crippen molar-refractivity contribution < 1.29 is 19.4 Å². The van der Waals surface area contributed by atoms with Crippen LogP contribution in [0.2, 0.25) is 0 Å². The lowest BCUT2D eigenvalue weighted by Gasteiger charge is -2.22. The Hall–Kier alpha value is -3.60. The molecule has 38 heavy (non-hydrogen) atoms. The highest BCUT2D eigenvalue weighted by atomic mass is 16.5. The number of aliphatic carboxylic acids is 1. The molecule has 0 aliphatic rings. The van der Waals surface area contributed by atoms with Crippen molar-refractivity contribution in [2.45, 2.75) is 79.4 Å². The molecule has 1 amide bonds. The zero-order valence-electron chi connectivity index (χ0n) is 23.3. The zero-order chi connectivity index (χ0) is 27.7. The van der Waals surface area contributed by atoms with E-state index in [1.54, 1.807) is 0 Å². The molecule has 0 aromatic heterocycles. The van der Waals surface area contributed by atoms with Gasteiger partial charge in [0, 0.05) is 12.0 Å². The second-order valence-electron chi connectivity index (χ2n) is 10.6. The standard InChI is InChI=1S/C33H41NO4/c1-6-26-9-7-8-10-31(26)38-21-25-12-13-27(14-16-32(35)36)29(20-25)33(37)34-30(15-11-22(2)3)28-18-23(4)17-24(5)19-28/h7-10,12-13,17-20,22,30H,6,11,14-16,21H2,1-5H3,(H,34,37)(H,35,36)/t30-/m1/s1. The average molecular weight is 516 g/mol. The van der Waals surface area contributed by atoms with Gasteiger partial charge in [-0.3, -0.25) is 9.59 Å². The molecule has 0 saturated carbocycles. The van der Waals surface area contributed by atoms with E-state index < -0.39 is 5.97 Å². The summed E-state index contributed by atoms with van der Waals surface area (Å²) in [6, 6.07) is 19.9.